The van der Waals surface area contributed by atoms with E-state index in [1.165, 1.54) is 0 Å². The number of ether oxygens (including phenoxy) is 1. The molecule has 0 N–H and O–H groups in total. The molecule has 5 nitrogen and oxygen atoms in total. The number of rotatable bonds is 2. The van der Waals surface area contributed by atoms with E-state index < -0.39 is 7.12 Å². The molecule has 0 aromatic carbocycles. The standard InChI is InChI=1S/C13H19BN2O3/c1-13(2)8-18-14(19-9-13)12-7-15-6-10(16-12)11-4-3-5-17-11/h6-7,11H,3-5,8-9H2,1-2H3. The Hall–Kier alpha value is -0.975. The molecule has 2 saturated heterocycles. The van der Waals surface area contributed by atoms with Gasteiger partial charge in [0.15, 0.2) is 0 Å². The van der Waals surface area contributed by atoms with Crippen LogP contribution >= 0.6 is 0 Å². The minimum atomic E-state index is -0.401. The summed E-state index contributed by atoms with van der Waals surface area (Å²) in [5.74, 6) is 0. The maximum atomic E-state index is 5.73. The highest BCUT2D eigenvalue weighted by Crippen LogP contribution is 2.26. The van der Waals surface area contributed by atoms with Gasteiger partial charge in [-0.25, -0.2) is 0 Å². The summed E-state index contributed by atoms with van der Waals surface area (Å²) in [6.07, 6.45) is 5.65. The van der Waals surface area contributed by atoms with Gasteiger partial charge in [0.1, 0.15) is 6.10 Å². The minimum absolute atomic E-state index is 0.0656. The summed E-state index contributed by atoms with van der Waals surface area (Å²) in [5.41, 5.74) is 1.69. The second-order valence-electron chi connectivity index (χ2n) is 5.99. The highest BCUT2D eigenvalue weighted by molar-refractivity contribution is 6.60. The molecule has 0 aliphatic carbocycles. The summed E-state index contributed by atoms with van der Waals surface area (Å²) in [6, 6.07) is 0. The average molecular weight is 262 g/mol. The highest BCUT2D eigenvalue weighted by atomic mass is 16.6. The van der Waals surface area contributed by atoms with Gasteiger partial charge in [0.2, 0.25) is 0 Å². The van der Waals surface area contributed by atoms with Crippen LogP contribution in [0.25, 0.3) is 0 Å². The summed E-state index contributed by atoms with van der Waals surface area (Å²) < 4.78 is 17.1. The van der Waals surface area contributed by atoms with Crippen molar-refractivity contribution in [2.45, 2.75) is 32.8 Å². The molecule has 0 spiro atoms. The van der Waals surface area contributed by atoms with Crippen LogP contribution < -0.4 is 5.59 Å². The van der Waals surface area contributed by atoms with Crippen LogP contribution in [0.15, 0.2) is 12.4 Å². The number of aromatic nitrogens is 2. The van der Waals surface area contributed by atoms with E-state index in [4.69, 9.17) is 14.0 Å². The van der Waals surface area contributed by atoms with Crippen molar-refractivity contribution in [3.63, 3.8) is 0 Å². The van der Waals surface area contributed by atoms with Gasteiger partial charge in [0.05, 0.1) is 17.5 Å². The van der Waals surface area contributed by atoms with E-state index in [-0.39, 0.29) is 11.5 Å². The maximum Gasteiger partial charge on any atom is 0.515 e. The predicted molar refractivity (Wildman–Crippen MR) is 71.0 cm³/mol. The molecule has 3 rings (SSSR count). The summed E-state index contributed by atoms with van der Waals surface area (Å²) in [4.78, 5) is 8.83. The van der Waals surface area contributed by atoms with Gasteiger partial charge < -0.3 is 14.0 Å². The van der Waals surface area contributed by atoms with Crippen molar-refractivity contribution in [2.24, 2.45) is 5.41 Å². The zero-order chi connectivity index (χ0) is 13.3. The van der Waals surface area contributed by atoms with Crippen molar-refractivity contribution in [3.05, 3.63) is 18.1 Å². The molecule has 0 radical (unpaired) electrons. The molecule has 102 valence electrons. The Bertz CT molecular complexity index is 439. The number of nitrogens with zero attached hydrogens (tertiary/aromatic N) is 2. The second-order valence-corrected chi connectivity index (χ2v) is 5.99. The van der Waals surface area contributed by atoms with Gasteiger partial charge in [-0.15, -0.1) is 0 Å². The number of hydrogen-bond donors (Lipinski definition) is 0. The third-order valence-corrected chi connectivity index (χ3v) is 3.42. The molecule has 19 heavy (non-hydrogen) atoms. The van der Waals surface area contributed by atoms with Crippen molar-refractivity contribution in [2.75, 3.05) is 19.8 Å². The first-order valence-electron chi connectivity index (χ1n) is 6.81. The van der Waals surface area contributed by atoms with E-state index in [2.05, 4.69) is 23.8 Å². The van der Waals surface area contributed by atoms with E-state index in [0.717, 1.165) is 30.7 Å². The monoisotopic (exact) mass is 262 g/mol. The van der Waals surface area contributed by atoms with E-state index in [1.807, 2.05) is 0 Å². The lowest BCUT2D eigenvalue weighted by molar-refractivity contribution is 0.0338. The van der Waals surface area contributed by atoms with Crippen LogP contribution in [0.5, 0.6) is 0 Å². The Kier molecular flexibility index (Phi) is 3.56. The summed E-state index contributed by atoms with van der Waals surface area (Å²) in [6.45, 7) is 6.39. The van der Waals surface area contributed by atoms with Crippen LogP contribution in [0.3, 0.4) is 0 Å². The Morgan fingerprint density at radius 3 is 2.74 bits per heavy atom. The van der Waals surface area contributed by atoms with Crippen molar-refractivity contribution in [1.29, 1.82) is 0 Å². The minimum Gasteiger partial charge on any atom is -0.406 e. The van der Waals surface area contributed by atoms with Gasteiger partial charge in [-0.1, -0.05) is 13.8 Å². The van der Waals surface area contributed by atoms with Crippen molar-refractivity contribution < 1.29 is 14.0 Å². The third kappa shape index (κ3) is 2.96. The molecule has 1 unspecified atom stereocenters. The Morgan fingerprint density at radius 2 is 2.05 bits per heavy atom. The molecule has 0 amide bonds. The van der Waals surface area contributed by atoms with Crippen molar-refractivity contribution >= 4 is 12.7 Å². The zero-order valence-corrected chi connectivity index (χ0v) is 11.5. The SMILES string of the molecule is CC1(C)COB(c2cncc(C3CCCO3)n2)OC1. The molecular formula is C13H19BN2O3. The first-order valence-corrected chi connectivity index (χ1v) is 6.81. The summed E-state index contributed by atoms with van der Waals surface area (Å²) >= 11 is 0. The van der Waals surface area contributed by atoms with Crippen LogP contribution in [0.2, 0.25) is 0 Å². The fourth-order valence-electron chi connectivity index (χ4n) is 2.34. The Morgan fingerprint density at radius 1 is 1.26 bits per heavy atom. The van der Waals surface area contributed by atoms with Crippen molar-refractivity contribution in [1.82, 2.24) is 9.97 Å². The van der Waals surface area contributed by atoms with E-state index in [0.29, 0.717) is 13.2 Å². The fourth-order valence-corrected chi connectivity index (χ4v) is 2.34. The molecule has 3 heterocycles. The largest absolute Gasteiger partial charge is 0.515 e. The van der Waals surface area contributed by atoms with Crippen LogP contribution in [0, 0.1) is 5.41 Å². The Labute approximate surface area is 113 Å². The second kappa shape index (κ2) is 5.19. The van der Waals surface area contributed by atoms with Crippen molar-refractivity contribution in [3.8, 4) is 0 Å². The lowest BCUT2D eigenvalue weighted by Crippen LogP contribution is -2.48. The van der Waals surface area contributed by atoms with Crippen LogP contribution in [0.1, 0.15) is 38.5 Å². The summed E-state index contributed by atoms with van der Waals surface area (Å²) in [7, 11) is -0.401. The van der Waals surface area contributed by atoms with Gasteiger partial charge in [0.25, 0.3) is 0 Å². The quantitative estimate of drug-likeness (QED) is 0.747. The fraction of sp³-hybridized carbons (Fsp3) is 0.692. The number of hydrogen-bond acceptors (Lipinski definition) is 5. The lowest BCUT2D eigenvalue weighted by Gasteiger charge is -2.32. The van der Waals surface area contributed by atoms with Crippen LogP contribution in [-0.2, 0) is 14.0 Å². The third-order valence-electron chi connectivity index (χ3n) is 3.42. The summed E-state index contributed by atoms with van der Waals surface area (Å²) in [5, 5.41) is 0. The van der Waals surface area contributed by atoms with Gasteiger partial charge in [0, 0.05) is 31.4 Å². The molecule has 1 aromatic heterocycles. The smallest absolute Gasteiger partial charge is 0.406 e. The maximum absolute atomic E-state index is 5.73. The molecule has 2 fully saturated rings. The molecule has 1 atom stereocenters. The topological polar surface area (TPSA) is 53.5 Å². The van der Waals surface area contributed by atoms with E-state index >= 15 is 0 Å². The molecule has 6 heteroatoms. The van der Waals surface area contributed by atoms with E-state index in [1.54, 1.807) is 12.4 Å². The first kappa shape index (κ1) is 13.0. The van der Waals surface area contributed by atoms with Gasteiger partial charge in [-0.2, -0.15) is 0 Å². The van der Waals surface area contributed by atoms with E-state index in [9.17, 15) is 0 Å². The first-order chi connectivity index (χ1) is 9.14. The average Bonchev–Trinajstić information content (AvgIpc) is 2.93. The lowest BCUT2D eigenvalue weighted by atomic mass is 9.80. The molecule has 2 aliphatic heterocycles. The van der Waals surface area contributed by atoms with Crippen LogP contribution in [-0.4, -0.2) is 36.9 Å². The molecule has 0 saturated carbocycles. The molecule has 0 bridgehead atoms. The van der Waals surface area contributed by atoms with Gasteiger partial charge in [-0.3, -0.25) is 9.97 Å². The Balaban J connectivity index is 1.72. The van der Waals surface area contributed by atoms with Gasteiger partial charge >= 0.3 is 7.12 Å². The van der Waals surface area contributed by atoms with Gasteiger partial charge in [-0.05, 0) is 12.8 Å². The molecular weight excluding hydrogens is 243 g/mol. The predicted octanol–water partition coefficient (Wildman–Crippen LogP) is 1.10. The zero-order valence-electron chi connectivity index (χ0n) is 11.5. The molecule has 1 aromatic rings. The normalized spacial score (nSPS) is 26.6. The molecule has 2 aliphatic rings. The highest BCUT2D eigenvalue weighted by Gasteiger charge is 2.35. The van der Waals surface area contributed by atoms with Crippen LogP contribution in [0.4, 0.5) is 0 Å².